The van der Waals surface area contributed by atoms with Crippen LogP contribution in [-0.2, 0) is 18.9 Å². The van der Waals surface area contributed by atoms with Gasteiger partial charge in [0.1, 0.15) is 11.0 Å². The van der Waals surface area contributed by atoms with Gasteiger partial charge in [-0.25, -0.2) is 18.7 Å². The van der Waals surface area contributed by atoms with E-state index in [1.54, 1.807) is 71.8 Å². The van der Waals surface area contributed by atoms with Crippen LogP contribution in [0.2, 0.25) is 10.0 Å². The van der Waals surface area contributed by atoms with Gasteiger partial charge in [-0.15, -0.1) is 0 Å². The third kappa shape index (κ3) is 6.19. The molecule has 4 N–H and O–H groups in total. The fraction of sp³-hybridized carbons (Fsp3) is 0.182. The Morgan fingerprint density at radius 1 is 0.771 bits per heavy atom. The van der Waals surface area contributed by atoms with Gasteiger partial charge >= 0.3 is 0 Å². The lowest BCUT2D eigenvalue weighted by atomic mass is 9.82. The predicted molar refractivity (Wildman–Crippen MR) is 191 cm³/mol. The van der Waals surface area contributed by atoms with Gasteiger partial charge in [-0.2, -0.15) is 0 Å². The van der Waals surface area contributed by atoms with Crippen molar-refractivity contribution in [3.05, 3.63) is 103 Å². The van der Waals surface area contributed by atoms with Gasteiger partial charge < -0.3 is 30.0 Å². The monoisotopic (exact) mass is 820 g/mol. The number of nitrogens with one attached hydrogen (secondary N) is 2. The second-order valence-corrected chi connectivity index (χ2v) is 13.8. The standard InChI is InChI=1S/C33H26Br2Cl2F2N6O3/c1-44-13-40-31-25(44)9-17(29(27(31)38)42-23-5-3-15(34)7-21(23)36)19(11-46)33(48)20(12-47)18-10-26-32(41-14-45(26)2)28(39)30(18)43-24-6-4-16(35)8-22(24)37/h3-10,13-14,19-20,42-43,46-47H,11-12H2,1-2H3. The van der Waals surface area contributed by atoms with Crippen molar-refractivity contribution in [1.29, 1.82) is 0 Å². The largest absolute Gasteiger partial charge is 0.395 e. The lowest BCUT2D eigenvalue weighted by Crippen LogP contribution is -2.27. The Balaban J connectivity index is 1.52. The van der Waals surface area contributed by atoms with Crippen molar-refractivity contribution in [1.82, 2.24) is 19.1 Å². The van der Waals surface area contributed by atoms with Crippen LogP contribution in [0.25, 0.3) is 22.1 Å². The lowest BCUT2D eigenvalue weighted by Gasteiger charge is -2.26. The van der Waals surface area contributed by atoms with Crippen molar-refractivity contribution in [2.24, 2.45) is 14.1 Å². The molecule has 0 saturated heterocycles. The summed E-state index contributed by atoms with van der Waals surface area (Å²) in [6.45, 7) is -1.53. The number of hydrogen-bond donors (Lipinski definition) is 4. The number of aryl methyl sites for hydroxylation is 2. The summed E-state index contributed by atoms with van der Waals surface area (Å²) in [5.41, 5.74) is 1.34. The van der Waals surface area contributed by atoms with Crippen LogP contribution in [0.3, 0.4) is 0 Å². The van der Waals surface area contributed by atoms with Gasteiger partial charge in [-0.3, -0.25) is 4.79 Å². The first-order valence-corrected chi connectivity index (χ1v) is 16.7. The number of rotatable bonds is 10. The van der Waals surface area contributed by atoms with Gasteiger partial charge in [-0.05, 0) is 59.7 Å². The number of aliphatic hydroxyl groups is 2. The molecule has 0 spiro atoms. The molecule has 2 unspecified atom stereocenters. The Bertz CT molecular complexity index is 2070. The zero-order valence-electron chi connectivity index (χ0n) is 25.2. The van der Waals surface area contributed by atoms with Crippen molar-refractivity contribution in [2.75, 3.05) is 23.8 Å². The molecule has 2 aromatic heterocycles. The number of ketones is 1. The van der Waals surface area contributed by atoms with Crippen LogP contribution < -0.4 is 10.6 Å². The van der Waals surface area contributed by atoms with Crippen molar-refractivity contribution in [2.45, 2.75) is 11.8 Å². The van der Waals surface area contributed by atoms with E-state index >= 15 is 8.78 Å². The molecular weight excluding hydrogens is 797 g/mol. The smallest absolute Gasteiger partial charge is 0.174 e. The number of hydrogen-bond acceptors (Lipinski definition) is 7. The number of halogens is 6. The first-order chi connectivity index (χ1) is 22.9. The van der Waals surface area contributed by atoms with E-state index in [-0.39, 0.29) is 43.6 Å². The number of fused-ring (bicyclic) bond motifs is 2. The van der Waals surface area contributed by atoms with Crippen molar-refractivity contribution in [3.63, 3.8) is 0 Å². The molecule has 0 fully saturated rings. The zero-order valence-corrected chi connectivity index (χ0v) is 29.9. The molecule has 248 valence electrons. The first-order valence-electron chi connectivity index (χ1n) is 14.4. The van der Waals surface area contributed by atoms with Crippen molar-refractivity contribution < 1.29 is 23.8 Å². The molecule has 0 bridgehead atoms. The summed E-state index contributed by atoms with van der Waals surface area (Å²) in [5, 5.41) is 28.1. The number of Topliss-reactive ketones (excluding diaryl/α,β-unsaturated/α-hetero) is 1. The summed E-state index contributed by atoms with van der Waals surface area (Å²) in [6.07, 6.45) is 2.86. The summed E-state index contributed by atoms with van der Waals surface area (Å²) < 4.78 is 37.1. The van der Waals surface area contributed by atoms with Crippen LogP contribution in [0.4, 0.5) is 31.5 Å². The number of anilines is 4. The van der Waals surface area contributed by atoms with E-state index in [1.807, 2.05) is 0 Å². The van der Waals surface area contributed by atoms with Crippen LogP contribution in [0, 0.1) is 11.6 Å². The fourth-order valence-electron chi connectivity index (χ4n) is 5.67. The maximum atomic E-state index is 16.3. The molecule has 2 atom stereocenters. The molecular formula is C33H26Br2Cl2F2N6O3. The third-order valence-electron chi connectivity index (χ3n) is 8.17. The van der Waals surface area contributed by atoms with Gasteiger partial charge in [-0.1, -0.05) is 55.1 Å². The number of carbonyl (C=O) groups excluding carboxylic acids is 1. The van der Waals surface area contributed by atoms with Crippen LogP contribution in [0.5, 0.6) is 0 Å². The average Bonchev–Trinajstić information content (AvgIpc) is 3.61. The lowest BCUT2D eigenvalue weighted by molar-refractivity contribution is -0.123. The zero-order chi connectivity index (χ0) is 34.4. The topological polar surface area (TPSA) is 117 Å². The molecule has 15 heteroatoms. The van der Waals surface area contributed by atoms with E-state index in [0.29, 0.717) is 31.4 Å². The molecule has 9 nitrogen and oxygen atoms in total. The number of aliphatic hydroxyl groups excluding tert-OH is 2. The minimum Gasteiger partial charge on any atom is -0.395 e. The number of carbonyl (C=O) groups is 1. The summed E-state index contributed by atoms with van der Waals surface area (Å²) in [4.78, 5) is 22.9. The molecule has 0 amide bonds. The highest BCUT2D eigenvalue weighted by Gasteiger charge is 2.35. The van der Waals surface area contributed by atoms with Crippen LogP contribution in [0.15, 0.2) is 70.1 Å². The summed E-state index contributed by atoms with van der Waals surface area (Å²) in [7, 11) is 3.33. The Hall–Kier alpha value is -3.59. The Morgan fingerprint density at radius 3 is 1.52 bits per heavy atom. The summed E-state index contributed by atoms with van der Waals surface area (Å²) in [6, 6.07) is 13.0. The van der Waals surface area contributed by atoms with E-state index in [4.69, 9.17) is 23.2 Å². The van der Waals surface area contributed by atoms with E-state index in [9.17, 15) is 15.0 Å². The van der Waals surface area contributed by atoms with E-state index in [1.165, 1.54) is 12.7 Å². The maximum Gasteiger partial charge on any atom is 0.174 e. The third-order valence-corrected chi connectivity index (χ3v) is 9.78. The minimum absolute atomic E-state index is 0.0291. The first kappa shape index (κ1) is 34.3. The van der Waals surface area contributed by atoms with Crippen LogP contribution in [0.1, 0.15) is 23.0 Å². The van der Waals surface area contributed by atoms with Crippen molar-refractivity contribution >= 4 is 106 Å². The second kappa shape index (κ2) is 13.7. The highest BCUT2D eigenvalue weighted by Crippen LogP contribution is 2.42. The van der Waals surface area contributed by atoms with Gasteiger partial charge in [0.15, 0.2) is 17.4 Å². The van der Waals surface area contributed by atoms with Crippen LogP contribution in [-0.4, -0.2) is 48.3 Å². The molecule has 4 aromatic carbocycles. The number of benzene rings is 4. The van der Waals surface area contributed by atoms with Gasteiger partial charge in [0.05, 0.1) is 81.5 Å². The molecule has 0 radical (unpaired) electrons. The van der Waals surface area contributed by atoms with Crippen LogP contribution >= 0.6 is 55.1 Å². The van der Waals surface area contributed by atoms with E-state index < -0.39 is 42.5 Å². The number of imidazole rings is 2. The fourth-order valence-corrected chi connectivity index (χ4v) is 7.11. The Labute approximate surface area is 299 Å². The highest BCUT2D eigenvalue weighted by atomic mass is 79.9. The molecule has 6 aromatic rings. The number of aromatic nitrogens is 4. The average molecular weight is 823 g/mol. The van der Waals surface area contributed by atoms with Gasteiger partial charge in [0, 0.05) is 23.0 Å². The second-order valence-electron chi connectivity index (χ2n) is 11.1. The molecule has 0 aliphatic heterocycles. The highest BCUT2D eigenvalue weighted by molar-refractivity contribution is 9.10. The van der Waals surface area contributed by atoms with E-state index in [0.717, 1.165) is 0 Å². The molecule has 6 rings (SSSR count). The van der Waals surface area contributed by atoms with Gasteiger partial charge in [0.25, 0.3) is 0 Å². The predicted octanol–water partition coefficient (Wildman–Crippen LogP) is 8.48. The quantitative estimate of drug-likeness (QED) is 0.110. The molecule has 0 aliphatic rings. The number of nitrogens with zero attached hydrogens (tertiary/aromatic N) is 4. The van der Waals surface area contributed by atoms with E-state index in [2.05, 4.69) is 52.5 Å². The minimum atomic E-state index is -1.39. The Morgan fingerprint density at radius 2 is 1.17 bits per heavy atom. The van der Waals surface area contributed by atoms with Crippen molar-refractivity contribution in [3.8, 4) is 0 Å². The Kier molecular flexibility index (Phi) is 9.81. The maximum absolute atomic E-state index is 16.3. The summed E-state index contributed by atoms with van der Waals surface area (Å²) in [5.74, 6) is -5.02. The molecule has 2 heterocycles. The normalized spacial score (nSPS) is 12.9. The molecule has 0 saturated carbocycles. The van der Waals surface area contributed by atoms with Gasteiger partial charge in [0.2, 0.25) is 0 Å². The molecule has 48 heavy (non-hydrogen) atoms. The SMILES string of the molecule is Cn1cnc2c(F)c(Nc3ccc(Br)cc3Cl)c(C(CO)C(=O)C(CO)c3cc4c(ncn4C)c(F)c3Nc3ccc(Br)cc3Cl)cc21. The summed E-state index contributed by atoms with van der Waals surface area (Å²) >= 11 is 19.6. The molecule has 0 aliphatic carbocycles.